The van der Waals surface area contributed by atoms with Crippen molar-refractivity contribution in [1.29, 1.82) is 0 Å². The SMILES string of the molecule is COc1sc(SC)cc1/C=C/[N+](=O)[O-]. The molecule has 0 N–H and O–H groups in total. The van der Waals surface area contributed by atoms with Crippen molar-refractivity contribution in [2.75, 3.05) is 13.4 Å². The minimum Gasteiger partial charge on any atom is -0.487 e. The predicted octanol–water partition coefficient (Wildman–Crippen LogP) is 2.73. The monoisotopic (exact) mass is 231 g/mol. The van der Waals surface area contributed by atoms with E-state index < -0.39 is 4.92 Å². The molecule has 0 aliphatic carbocycles. The van der Waals surface area contributed by atoms with Crippen molar-refractivity contribution < 1.29 is 9.66 Å². The van der Waals surface area contributed by atoms with Crippen molar-refractivity contribution >= 4 is 29.2 Å². The number of methoxy groups -OCH3 is 1. The Kier molecular flexibility index (Phi) is 3.97. The van der Waals surface area contributed by atoms with Crippen LogP contribution in [-0.2, 0) is 0 Å². The summed E-state index contributed by atoms with van der Waals surface area (Å²) in [6.07, 6.45) is 4.30. The van der Waals surface area contributed by atoms with Gasteiger partial charge in [-0.05, 0) is 12.3 Å². The zero-order valence-corrected chi connectivity index (χ0v) is 9.35. The Labute approximate surface area is 89.7 Å². The van der Waals surface area contributed by atoms with Crippen LogP contribution in [0, 0.1) is 10.1 Å². The number of nitro groups is 1. The zero-order chi connectivity index (χ0) is 10.6. The van der Waals surface area contributed by atoms with Crippen molar-refractivity contribution in [1.82, 2.24) is 0 Å². The minimum absolute atomic E-state index is 0.490. The number of hydrogen-bond acceptors (Lipinski definition) is 5. The lowest BCUT2D eigenvalue weighted by Gasteiger charge is -1.93. The summed E-state index contributed by atoms with van der Waals surface area (Å²) in [5, 5.41) is 10.8. The van der Waals surface area contributed by atoms with Gasteiger partial charge in [-0.2, -0.15) is 0 Å². The first kappa shape index (κ1) is 11.1. The predicted molar refractivity (Wildman–Crippen MR) is 58.7 cm³/mol. The fourth-order valence-corrected chi connectivity index (χ4v) is 2.39. The Bertz CT molecular complexity index is 359. The molecule has 0 saturated heterocycles. The average molecular weight is 231 g/mol. The summed E-state index contributed by atoms with van der Waals surface area (Å²) in [7, 11) is 1.56. The van der Waals surface area contributed by atoms with Crippen molar-refractivity contribution in [2.45, 2.75) is 4.21 Å². The van der Waals surface area contributed by atoms with E-state index in [-0.39, 0.29) is 0 Å². The van der Waals surface area contributed by atoms with E-state index >= 15 is 0 Å². The number of thioether (sulfide) groups is 1. The molecule has 76 valence electrons. The van der Waals surface area contributed by atoms with Gasteiger partial charge in [0.25, 0.3) is 0 Å². The molecule has 0 spiro atoms. The van der Waals surface area contributed by atoms with E-state index in [1.807, 2.05) is 12.3 Å². The van der Waals surface area contributed by atoms with Crippen LogP contribution < -0.4 is 4.74 Å². The molecule has 0 saturated carbocycles. The number of ether oxygens (including phenoxy) is 1. The summed E-state index contributed by atoms with van der Waals surface area (Å²) in [6.45, 7) is 0. The third kappa shape index (κ3) is 2.74. The Morgan fingerprint density at radius 2 is 2.43 bits per heavy atom. The highest BCUT2D eigenvalue weighted by Crippen LogP contribution is 2.36. The summed E-state index contributed by atoms with van der Waals surface area (Å²) in [6, 6.07) is 1.87. The molecule has 0 amide bonds. The molecule has 4 nitrogen and oxygen atoms in total. The maximum absolute atomic E-state index is 10.1. The van der Waals surface area contributed by atoms with Crippen LogP contribution in [0.3, 0.4) is 0 Å². The van der Waals surface area contributed by atoms with Gasteiger partial charge >= 0.3 is 0 Å². The van der Waals surface area contributed by atoms with Crippen molar-refractivity contribution in [3.8, 4) is 5.06 Å². The van der Waals surface area contributed by atoms with Crippen LogP contribution >= 0.6 is 23.1 Å². The van der Waals surface area contributed by atoms with Crippen LogP contribution in [0.2, 0.25) is 0 Å². The largest absolute Gasteiger partial charge is 0.487 e. The molecule has 1 rings (SSSR count). The van der Waals surface area contributed by atoms with Gasteiger partial charge in [-0.3, -0.25) is 10.1 Å². The Morgan fingerprint density at radius 3 is 2.93 bits per heavy atom. The average Bonchev–Trinajstić information content (AvgIpc) is 2.57. The van der Waals surface area contributed by atoms with Gasteiger partial charge in [0, 0.05) is 11.6 Å². The number of rotatable bonds is 4. The third-order valence-electron chi connectivity index (χ3n) is 1.46. The van der Waals surface area contributed by atoms with E-state index in [4.69, 9.17) is 4.74 Å². The number of thiophene rings is 1. The van der Waals surface area contributed by atoms with Gasteiger partial charge in [0.1, 0.15) is 0 Å². The van der Waals surface area contributed by atoms with E-state index in [1.165, 1.54) is 17.4 Å². The standard InChI is InChI=1S/C8H9NO3S2/c1-12-8-6(3-4-9(10)11)5-7(13-2)14-8/h3-5H,1-2H3/b4-3+. The molecule has 0 aliphatic rings. The fourth-order valence-electron chi connectivity index (χ4n) is 0.883. The van der Waals surface area contributed by atoms with Crippen LogP contribution in [-0.4, -0.2) is 18.3 Å². The molecular formula is C8H9NO3S2. The molecule has 0 bridgehead atoms. The second-order valence-corrected chi connectivity index (χ2v) is 4.44. The molecule has 0 radical (unpaired) electrons. The summed E-state index contributed by atoms with van der Waals surface area (Å²) in [5.41, 5.74) is 0.749. The van der Waals surface area contributed by atoms with Crippen LogP contribution in [0.25, 0.3) is 6.08 Å². The number of hydrogen-bond donors (Lipinski definition) is 0. The molecule has 6 heteroatoms. The van der Waals surface area contributed by atoms with Gasteiger partial charge in [0.05, 0.1) is 16.2 Å². The van der Waals surface area contributed by atoms with E-state index in [0.717, 1.165) is 16.0 Å². The molecule has 0 aliphatic heterocycles. The first-order valence-electron chi connectivity index (χ1n) is 3.71. The maximum atomic E-state index is 10.1. The normalized spacial score (nSPS) is 10.7. The fraction of sp³-hybridized carbons (Fsp3) is 0.250. The highest BCUT2D eigenvalue weighted by atomic mass is 32.2. The Morgan fingerprint density at radius 1 is 1.71 bits per heavy atom. The molecular weight excluding hydrogens is 222 g/mol. The summed E-state index contributed by atoms with van der Waals surface area (Å²) >= 11 is 3.07. The summed E-state index contributed by atoms with van der Waals surface area (Å²) in [5.74, 6) is 0. The topological polar surface area (TPSA) is 52.4 Å². The van der Waals surface area contributed by atoms with Gasteiger partial charge in [0.15, 0.2) is 5.06 Å². The quantitative estimate of drug-likeness (QED) is 0.454. The van der Waals surface area contributed by atoms with Gasteiger partial charge in [-0.1, -0.05) is 11.3 Å². The Hall–Kier alpha value is -1.01. The molecule has 0 aromatic carbocycles. The van der Waals surface area contributed by atoms with Gasteiger partial charge in [-0.15, -0.1) is 11.8 Å². The van der Waals surface area contributed by atoms with Gasteiger partial charge in [-0.25, -0.2) is 0 Å². The van der Waals surface area contributed by atoms with Crippen LogP contribution in [0.5, 0.6) is 5.06 Å². The minimum atomic E-state index is -0.490. The first-order chi connectivity index (χ1) is 6.67. The van der Waals surface area contributed by atoms with Crippen LogP contribution in [0.15, 0.2) is 16.5 Å². The van der Waals surface area contributed by atoms with Crippen LogP contribution in [0.4, 0.5) is 0 Å². The maximum Gasteiger partial charge on any atom is 0.235 e. The van der Waals surface area contributed by atoms with Crippen molar-refractivity contribution in [2.24, 2.45) is 0 Å². The highest BCUT2D eigenvalue weighted by molar-refractivity contribution is 8.00. The lowest BCUT2D eigenvalue weighted by molar-refractivity contribution is -0.400. The smallest absolute Gasteiger partial charge is 0.235 e. The lowest BCUT2D eigenvalue weighted by Crippen LogP contribution is -1.83. The molecule has 0 atom stereocenters. The Balaban J connectivity index is 2.94. The van der Waals surface area contributed by atoms with Crippen LogP contribution in [0.1, 0.15) is 5.56 Å². The highest BCUT2D eigenvalue weighted by Gasteiger charge is 2.07. The molecule has 14 heavy (non-hydrogen) atoms. The molecule has 1 aromatic rings. The second kappa shape index (κ2) is 5.02. The third-order valence-corrected chi connectivity index (χ3v) is 3.64. The van der Waals surface area contributed by atoms with Crippen molar-refractivity contribution in [3.63, 3.8) is 0 Å². The summed E-state index contributed by atoms with van der Waals surface area (Å²) < 4.78 is 6.17. The van der Waals surface area contributed by atoms with E-state index in [2.05, 4.69) is 0 Å². The first-order valence-corrected chi connectivity index (χ1v) is 5.75. The summed E-state index contributed by atoms with van der Waals surface area (Å²) in [4.78, 5) is 9.63. The molecule has 1 aromatic heterocycles. The molecule has 1 heterocycles. The molecule has 0 fully saturated rings. The number of nitrogens with zero attached hydrogens (tertiary/aromatic N) is 1. The second-order valence-electron chi connectivity index (χ2n) is 2.32. The molecule has 0 unspecified atom stereocenters. The van der Waals surface area contributed by atoms with Gasteiger partial charge in [0.2, 0.25) is 6.20 Å². The van der Waals surface area contributed by atoms with Crippen molar-refractivity contribution in [3.05, 3.63) is 27.9 Å². The zero-order valence-electron chi connectivity index (χ0n) is 7.72. The van der Waals surface area contributed by atoms with E-state index in [9.17, 15) is 10.1 Å². The van der Waals surface area contributed by atoms with E-state index in [1.54, 1.807) is 18.9 Å². The lowest BCUT2D eigenvalue weighted by atomic mass is 10.3. The van der Waals surface area contributed by atoms with E-state index in [0.29, 0.717) is 5.06 Å². The van der Waals surface area contributed by atoms with Gasteiger partial charge < -0.3 is 4.74 Å².